The van der Waals surface area contributed by atoms with Gasteiger partial charge in [0.2, 0.25) is 11.8 Å². The van der Waals surface area contributed by atoms with Crippen molar-refractivity contribution in [2.45, 2.75) is 264 Å². The van der Waals surface area contributed by atoms with Crippen molar-refractivity contribution in [2.75, 3.05) is 61.2 Å². The molecule has 0 spiro atoms. The first-order chi connectivity index (χ1) is 50.2. The van der Waals surface area contributed by atoms with E-state index >= 15 is 0 Å². The number of carbonyl (C=O) groups is 2. The van der Waals surface area contributed by atoms with Gasteiger partial charge in [0.15, 0.2) is 0 Å². The first kappa shape index (κ1) is 82.8. The number of hydrogen-bond acceptors (Lipinski definition) is 10. The Hall–Kier alpha value is -6.64. The molecule has 2 amide bonds. The second-order valence-corrected chi connectivity index (χ2v) is 60.4. The monoisotopic (exact) mass is 1530 g/mol. The highest BCUT2D eigenvalue weighted by molar-refractivity contribution is 6.77. The summed E-state index contributed by atoms with van der Waals surface area (Å²) in [6, 6.07) is 30.4. The minimum atomic E-state index is -1.22. The predicted octanol–water partition coefficient (Wildman–Crippen LogP) is 20.5. The zero-order chi connectivity index (χ0) is 77.8. The second kappa shape index (κ2) is 33.9. The van der Waals surface area contributed by atoms with Gasteiger partial charge in [0, 0.05) is 165 Å². The Balaban J connectivity index is 0.000000176. The molecule has 3 aliphatic carbocycles. The molecule has 9 aromatic rings. The standard InChI is InChI=1S/C33H54N4O3Si2.C31H52N4O2Si2.C21H26N4O/c1-11-35(25(2)38)27-13-12-26-20-30(36(29(26)21-27)23-39-16-18-41(5,6)7)32-28-14-15-33(3,4)22-31(28)37(34-32)24-40-17-19-42(8,9)10;1-10-32-25-12-11-24-19-28(34(27(24)20-25)22-36-15-17-38(4,5)6)30-26-13-14-31(2,3)21-29(26)35(33-30)23-37-16-18-39(7,8)9;1-5-25(13(2)26)15-7-6-14-10-18(22-17(14)11-15)20-16-8-9-21(3,4)12-19(16)23-24-20/h12-13,20-21H,11,14-19,22-24H2,1-10H3;11-12,19-20,32H,10,13-18,21-23H2,1-9H3;6-7,10-11,22H,5,8-9,12H2,1-4H3,(H,23,24). The van der Waals surface area contributed by atoms with Crippen molar-refractivity contribution >= 4 is 93.9 Å². The maximum atomic E-state index is 12.4. The molecule has 0 radical (unpaired) electrons. The molecule has 0 saturated carbocycles. The van der Waals surface area contributed by atoms with E-state index in [1.165, 1.54) is 63.6 Å². The summed E-state index contributed by atoms with van der Waals surface area (Å²) >= 11 is 0. The summed E-state index contributed by atoms with van der Waals surface area (Å²) in [5, 5.41) is 25.4. The number of fused-ring (bicyclic) bond motifs is 6. The van der Waals surface area contributed by atoms with Crippen LogP contribution in [0.3, 0.4) is 0 Å². The molecule has 6 heterocycles. The lowest BCUT2D eigenvalue weighted by atomic mass is 9.76. The number of nitrogens with one attached hydrogen (secondary N) is 3. The van der Waals surface area contributed by atoms with Crippen molar-refractivity contribution in [3.63, 3.8) is 0 Å². The average Bonchev–Trinajstić information content (AvgIpc) is 1.60. The zero-order valence-corrected chi connectivity index (χ0v) is 73.9. The van der Waals surface area contributed by atoms with E-state index < -0.39 is 32.3 Å². The maximum Gasteiger partial charge on any atom is 0.223 e. The molecule has 6 aromatic heterocycles. The van der Waals surface area contributed by atoms with E-state index in [4.69, 9.17) is 29.1 Å². The summed E-state index contributed by atoms with van der Waals surface area (Å²) in [5.41, 5.74) is 21.6. The third-order valence-electron chi connectivity index (χ3n) is 21.8. The van der Waals surface area contributed by atoms with Crippen molar-refractivity contribution in [3.05, 3.63) is 107 Å². The van der Waals surface area contributed by atoms with Crippen LogP contribution < -0.4 is 15.1 Å². The van der Waals surface area contributed by atoms with E-state index in [0.717, 1.165) is 169 Å². The van der Waals surface area contributed by atoms with E-state index in [2.05, 4.69) is 227 Å². The summed E-state index contributed by atoms with van der Waals surface area (Å²) in [6.45, 7) is 59.5. The molecule has 18 nitrogen and oxygen atoms in total. The van der Waals surface area contributed by atoms with Crippen LogP contribution in [0.15, 0.2) is 72.8 Å². The first-order valence-electron chi connectivity index (χ1n) is 40.0. The van der Waals surface area contributed by atoms with Crippen LogP contribution in [0.1, 0.15) is 129 Å². The van der Waals surface area contributed by atoms with Gasteiger partial charge < -0.3 is 48.2 Å². The molecule has 0 fully saturated rings. The Morgan fingerprint density at radius 3 is 1.35 bits per heavy atom. The Morgan fingerprint density at radius 1 is 0.495 bits per heavy atom. The Morgan fingerprint density at radius 2 is 0.907 bits per heavy atom. The van der Waals surface area contributed by atoms with Crippen molar-refractivity contribution in [2.24, 2.45) is 16.2 Å². The number of rotatable bonds is 29. The van der Waals surface area contributed by atoms with Gasteiger partial charge in [0.1, 0.15) is 44.0 Å². The van der Waals surface area contributed by atoms with Crippen molar-refractivity contribution in [3.8, 4) is 34.2 Å². The van der Waals surface area contributed by atoms with Gasteiger partial charge in [-0.15, -0.1) is 0 Å². The predicted molar refractivity (Wildman–Crippen MR) is 458 cm³/mol. The number of ether oxygens (including phenoxy) is 4. The Labute approximate surface area is 644 Å². The van der Waals surface area contributed by atoms with Gasteiger partial charge in [-0.3, -0.25) is 14.7 Å². The molecule has 107 heavy (non-hydrogen) atoms. The molecular formula is C85H132N12O6Si4. The van der Waals surface area contributed by atoms with Gasteiger partial charge in [0.05, 0.1) is 28.1 Å². The molecule has 3 aliphatic rings. The van der Waals surface area contributed by atoms with Crippen molar-refractivity contribution < 1.29 is 28.5 Å². The molecule has 0 bridgehead atoms. The number of H-pyrrole nitrogens is 2. The summed E-state index contributed by atoms with van der Waals surface area (Å²) in [5.74, 6) is 0.105. The number of anilines is 3. The van der Waals surface area contributed by atoms with Gasteiger partial charge >= 0.3 is 0 Å². The van der Waals surface area contributed by atoms with Gasteiger partial charge in [-0.2, -0.15) is 15.3 Å². The Kier molecular flexibility index (Phi) is 26.3. The van der Waals surface area contributed by atoms with Crippen LogP contribution in [-0.2, 0) is 94.0 Å². The summed E-state index contributed by atoms with van der Waals surface area (Å²) in [6.07, 6.45) is 9.67. The second-order valence-electron chi connectivity index (χ2n) is 37.9. The number of aromatic amines is 2. The first-order valence-corrected chi connectivity index (χ1v) is 54.8. The normalized spacial score (nSPS) is 15.5. The summed E-state index contributed by atoms with van der Waals surface area (Å²) < 4.78 is 34.1. The topological polar surface area (TPSA) is 180 Å². The zero-order valence-electron chi connectivity index (χ0n) is 69.9. The highest BCUT2D eigenvalue weighted by Gasteiger charge is 2.36. The van der Waals surface area contributed by atoms with Crippen LogP contribution in [-0.4, -0.2) is 134 Å². The van der Waals surface area contributed by atoms with E-state index in [-0.39, 0.29) is 22.6 Å². The average molecular weight is 1530 g/mol. The smallest absolute Gasteiger partial charge is 0.223 e. The number of hydrogen-bond donors (Lipinski definition) is 3. The lowest BCUT2D eigenvalue weighted by molar-refractivity contribution is -0.117. The maximum absolute atomic E-state index is 12.4. The minimum Gasteiger partial charge on any atom is -0.385 e. The summed E-state index contributed by atoms with van der Waals surface area (Å²) in [7, 11) is -4.67. The van der Waals surface area contributed by atoms with Crippen LogP contribution in [0, 0.1) is 16.2 Å². The van der Waals surface area contributed by atoms with E-state index in [0.29, 0.717) is 45.4 Å². The summed E-state index contributed by atoms with van der Waals surface area (Å²) in [4.78, 5) is 31.3. The quantitative estimate of drug-likeness (QED) is 0.0302. The molecule has 0 aliphatic heterocycles. The minimum absolute atomic E-state index is 0.0473. The molecular weight excluding hydrogens is 1400 g/mol. The van der Waals surface area contributed by atoms with Crippen LogP contribution in [0.2, 0.25) is 103 Å². The van der Waals surface area contributed by atoms with Crippen molar-refractivity contribution in [1.82, 2.24) is 43.9 Å². The van der Waals surface area contributed by atoms with E-state index in [1.54, 1.807) is 18.7 Å². The van der Waals surface area contributed by atoms with Crippen LogP contribution >= 0.6 is 0 Å². The van der Waals surface area contributed by atoms with Gasteiger partial charge in [-0.1, -0.05) is 138 Å². The van der Waals surface area contributed by atoms with Crippen LogP contribution in [0.4, 0.5) is 17.1 Å². The molecule has 22 heteroatoms. The van der Waals surface area contributed by atoms with Crippen LogP contribution in [0.5, 0.6) is 0 Å². The lowest BCUT2D eigenvalue weighted by Gasteiger charge is -2.30. The van der Waals surface area contributed by atoms with Crippen molar-refractivity contribution in [1.29, 1.82) is 0 Å². The third kappa shape index (κ3) is 21.5. The fraction of sp³-hybridized carbons (Fsp3) is 0.588. The number of nitrogens with zero attached hydrogens (tertiary/aromatic N) is 9. The molecule has 0 saturated heterocycles. The van der Waals surface area contributed by atoms with Crippen LogP contribution in [0.25, 0.3) is 66.9 Å². The van der Waals surface area contributed by atoms with Gasteiger partial charge in [-0.25, -0.2) is 9.36 Å². The number of carbonyl (C=O) groups excluding carboxylic acids is 2. The van der Waals surface area contributed by atoms with E-state index in [9.17, 15) is 9.59 Å². The number of aromatic nitrogens is 9. The largest absolute Gasteiger partial charge is 0.385 e. The Bertz CT molecular complexity index is 4540. The lowest BCUT2D eigenvalue weighted by Crippen LogP contribution is -2.27. The molecule has 0 atom stereocenters. The molecule has 3 aromatic carbocycles. The highest BCUT2D eigenvalue weighted by Crippen LogP contribution is 2.44. The molecule has 12 rings (SSSR count). The highest BCUT2D eigenvalue weighted by atomic mass is 28.3. The fourth-order valence-corrected chi connectivity index (χ4v) is 18.1. The SMILES string of the molecule is CCN(C(C)=O)c1ccc2cc(-c3n[nH]c4c3CCC(C)(C)C4)[nH]c2c1.CCN(C(C)=O)c1ccc2cc(-c3nn(COCC[Si](C)(C)C)c4c3CCC(C)(C)C4)n(COCC[Si](C)(C)C)c2c1.CCNc1ccc2cc(-c3nn(COCC[Si](C)(C)C)c4c3CCC(C)(C)C4)n(COCC[Si](C)(C)C)c2c1. The fourth-order valence-electron chi connectivity index (χ4n) is 15.1. The number of benzene rings is 3. The van der Waals surface area contributed by atoms with Gasteiger partial charge in [0.25, 0.3) is 0 Å². The number of amides is 2. The molecule has 0 unspecified atom stereocenters. The molecule has 3 N–H and O–H groups in total. The molecule has 584 valence electrons. The van der Waals surface area contributed by atoms with E-state index in [1.807, 2.05) is 30.9 Å². The third-order valence-corrected chi connectivity index (χ3v) is 28.6. The van der Waals surface area contributed by atoms with Gasteiger partial charge in [-0.05, 0) is 174 Å².